The normalized spacial score (nSPS) is 10.9. The number of nitrogens with zero attached hydrogens (tertiary/aromatic N) is 1. The van der Waals surface area contributed by atoms with Crippen molar-refractivity contribution in [3.05, 3.63) is 57.6 Å². The van der Waals surface area contributed by atoms with E-state index in [1.165, 1.54) is 11.6 Å². The third kappa shape index (κ3) is 6.37. The van der Waals surface area contributed by atoms with Crippen LogP contribution < -0.4 is 14.8 Å². The van der Waals surface area contributed by atoms with Gasteiger partial charge in [-0.25, -0.2) is 0 Å². The van der Waals surface area contributed by atoms with Gasteiger partial charge in [0.05, 0.1) is 19.4 Å². The molecule has 0 spiro atoms. The van der Waals surface area contributed by atoms with Gasteiger partial charge in [0.1, 0.15) is 11.6 Å². The van der Waals surface area contributed by atoms with Gasteiger partial charge in [-0.05, 0) is 77.2 Å². The molecule has 0 radical (unpaired) electrons. The van der Waals surface area contributed by atoms with Crippen LogP contribution in [0.15, 0.2) is 46.4 Å². The third-order valence-corrected chi connectivity index (χ3v) is 4.92. The molecule has 152 valence electrons. The predicted molar refractivity (Wildman–Crippen MR) is 119 cm³/mol. The molecule has 0 bridgehead atoms. The number of methoxy groups -OCH3 is 1. The molecule has 29 heavy (non-hydrogen) atoms. The van der Waals surface area contributed by atoms with Crippen LogP contribution in [0.3, 0.4) is 0 Å². The van der Waals surface area contributed by atoms with Crippen molar-refractivity contribution >= 4 is 33.6 Å². The van der Waals surface area contributed by atoms with Crippen LogP contribution in [0.2, 0.25) is 0 Å². The zero-order valence-corrected chi connectivity index (χ0v) is 18.5. The monoisotopic (exact) mass is 456 g/mol. The Bertz CT molecular complexity index is 932. The third-order valence-electron chi connectivity index (χ3n) is 4.26. The van der Waals surface area contributed by atoms with E-state index in [-0.39, 0.29) is 5.57 Å². The lowest BCUT2D eigenvalue weighted by molar-refractivity contribution is -0.112. The lowest BCUT2D eigenvalue weighted by Gasteiger charge is -2.10. The molecule has 2 aromatic carbocycles. The number of hydrogen-bond acceptors (Lipinski definition) is 4. The Balaban J connectivity index is 2.19. The number of benzene rings is 2. The van der Waals surface area contributed by atoms with E-state index in [1.54, 1.807) is 25.3 Å². The fourth-order valence-electron chi connectivity index (χ4n) is 2.75. The van der Waals surface area contributed by atoms with E-state index >= 15 is 0 Å². The molecular weight excluding hydrogens is 432 g/mol. The van der Waals surface area contributed by atoms with Crippen LogP contribution >= 0.6 is 15.9 Å². The molecule has 0 heterocycles. The molecule has 0 atom stereocenters. The van der Waals surface area contributed by atoms with Crippen LogP contribution in [-0.2, 0) is 11.2 Å². The summed E-state index contributed by atoms with van der Waals surface area (Å²) in [4.78, 5) is 12.6. The van der Waals surface area contributed by atoms with Gasteiger partial charge in [0, 0.05) is 4.47 Å². The van der Waals surface area contributed by atoms with Gasteiger partial charge in [-0.3, -0.25) is 4.79 Å². The van der Waals surface area contributed by atoms with E-state index in [1.807, 2.05) is 31.2 Å². The Kier molecular flexibility index (Phi) is 8.75. The van der Waals surface area contributed by atoms with Gasteiger partial charge in [-0.2, -0.15) is 5.26 Å². The van der Waals surface area contributed by atoms with Crippen molar-refractivity contribution in [2.45, 2.75) is 33.1 Å². The quantitative estimate of drug-likeness (QED) is 0.385. The topological polar surface area (TPSA) is 71.4 Å². The number of carbonyl (C=O) groups is 1. The maximum atomic E-state index is 12.6. The van der Waals surface area contributed by atoms with Crippen molar-refractivity contribution in [1.29, 1.82) is 5.26 Å². The molecule has 0 aliphatic carbocycles. The number of unbranched alkanes of at least 4 members (excludes halogenated alkanes) is 1. The average molecular weight is 457 g/mol. The van der Waals surface area contributed by atoms with Gasteiger partial charge in [0.15, 0.2) is 11.5 Å². The van der Waals surface area contributed by atoms with Crippen molar-refractivity contribution in [2.24, 2.45) is 0 Å². The molecule has 0 aliphatic rings. The molecule has 0 saturated heterocycles. The standard InChI is InChI=1S/C23H25BrN2O3/c1-4-6-7-16-8-10-20(19(24)13-16)26-23(27)18(15-25)12-17-9-11-21(29-5-2)22(14-17)28-3/h8-14H,4-7H2,1-3H3,(H,26,27)/b18-12+. The maximum Gasteiger partial charge on any atom is 0.266 e. The van der Waals surface area contributed by atoms with Gasteiger partial charge >= 0.3 is 0 Å². The lowest BCUT2D eigenvalue weighted by atomic mass is 10.1. The number of hydrogen-bond donors (Lipinski definition) is 1. The highest BCUT2D eigenvalue weighted by atomic mass is 79.9. The van der Waals surface area contributed by atoms with Crippen molar-refractivity contribution in [3.8, 4) is 17.6 Å². The Labute approximate surface area is 180 Å². The first-order valence-corrected chi connectivity index (χ1v) is 10.3. The van der Waals surface area contributed by atoms with Gasteiger partial charge in [0.2, 0.25) is 0 Å². The number of ether oxygens (including phenoxy) is 2. The number of anilines is 1. The second-order valence-corrected chi connectivity index (χ2v) is 7.24. The highest BCUT2D eigenvalue weighted by molar-refractivity contribution is 9.10. The molecule has 0 fully saturated rings. The fourth-order valence-corrected chi connectivity index (χ4v) is 3.28. The minimum absolute atomic E-state index is 0.00169. The summed E-state index contributed by atoms with van der Waals surface area (Å²) in [5.41, 5.74) is 2.50. The summed E-state index contributed by atoms with van der Waals surface area (Å²) >= 11 is 3.50. The lowest BCUT2D eigenvalue weighted by Crippen LogP contribution is -2.14. The predicted octanol–water partition coefficient (Wildman–Crippen LogP) is 5.74. The largest absolute Gasteiger partial charge is 0.493 e. The molecule has 0 unspecified atom stereocenters. The van der Waals surface area contributed by atoms with Gasteiger partial charge in [-0.15, -0.1) is 0 Å². The Morgan fingerprint density at radius 1 is 1.21 bits per heavy atom. The summed E-state index contributed by atoms with van der Waals surface area (Å²) in [5, 5.41) is 12.3. The van der Waals surface area contributed by atoms with Gasteiger partial charge < -0.3 is 14.8 Å². The van der Waals surface area contributed by atoms with Crippen LogP contribution in [0.5, 0.6) is 11.5 Å². The van der Waals surface area contributed by atoms with E-state index in [0.29, 0.717) is 29.4 Å². The highest BCUT2D eigenvalue weighted by Gasteiger charge is 2.13. The van der Waals surface area contributed by atoms with Crippen molar-refractivity contribution < 1.29 is 14.3 Å². The van der Waals surface area contributed by atoms with E-state index in [2.05, 4.69) is 28.2 Å². The van der Waals surface area contributed by atoms with Crippen LogP contribution in [0, 0.1) is 11.3 Å². The molecule has 2 rings (SSSR count). The minimum Gasteiger partial charge on any atom is -0.493 e. The highest BCUT2D eigenvalue weighted by Crippen LogP contribution is 2.29. The Morgan fingerprint density at radius 3 is 2.62 bits per heavy atom. The molecule has 0 aromatic heterocycles. The molecule has 1 amide bonds. The Morgan fingerprint density at radius 2 is 2.00 bits per heavy atom. The molecule has 6 heteroatoms. The molecule has 5 nitrogen and oxygen atoms in total. The fraction of sp³-hybridized carbons (Fsp3) is 0.304. The number of nitriles is 1. The molecule has 2 aromatic rings. The number of carbonyl (C=O) groups excluding carboxylic acids is 1. The summed E-state index contributed by atoms with van der Waals surface area (Å²) in [7, 11) is 1.55. The molecule has 0 saturated carbocycles. The first kappa shape index (κ1) is 22.5. The summed E-state index contributed by atoms with van der Waals surface area (Å²) < 4.78 is 11.6. The van der Waals surface area contributed by atoms with Crippen LogP contribution in [-0.4, -0.2) is 19.6 Å². The number of amides is 1. The van der Waals surface area contributed by atoms with Crippen molar-refractivity contribution in [3.63, 3.8) is 0 Å². The van der Waals surface area contributed by atoms with Gasteiger partial charge in [-0.1, -0.05) is 25.5 Å². The number of rotatable bonds is 9. The van der Waals surface area contributed by atoms with Crippen LogP contribution in [0.25, 0.3) is 6.08 Å². The summed E-state index contributed by atoms with van der Waals surface area (Å²) in [6.45, 7) is 4.56. The SMILES string of the molecule is CCCCc1ccc(NC(=O)/C(C#N)=C/c2ccc(OCC)c(OC)c2)c(Br)c1. The zero-order chi connectivity index (χ0) is 21.2. The van der Waals surface area contributed by atoms with E-state index < -0.39 is 5.91 Å². The number of halogens is 1. The smallest absolute Gasteiger partial charge is 0.266 e. The molecule has 1 N–H and O–H groups in total. The van der Waals surface area contributed by atoms with E-state index in [9.17, 15) is 10.1 Å². The first-order chi connectivity index (χ1) is 14.0. The minimum atomic E-state index is -0.470. The van der Waals surface area contributed by atoms with E-state index in [0.717, 1.165) is 23.7 Å². The maximum absolute atomic E-state index is 12.6. The molecular formula is C23H25BrN2O3. The van der Waals surface area contributed by atoms with Crippen LogP contribution in [0.4, 0.5) is 5.69 Å². The van der Waals surface area contributed by atoms with Crippen molar-refractivity contribution in [2.75, 3.05) is 19.0 Å². The number of nitrogens with one attached hydrogen (secondary N) is 1. The summed E-state index contributed by atoms with van der Waals surface area (Å²) in [5.74, 6) is 0.688. The summed E-state index contributed by atoms with van der Waals surface area (Å²) in [6.07, 6.45) is 4.76. The molecule has 0 aliphatic heterocycles. The van der Waals surface area contributed by atoms with Crippen molar-refractivity contribution in [1.82, 2.24) is 0 Å². The zero-order valence-electron chi connectivity index (χ0n) is 16.9. The first-order valence-electron chi connectivity index (χ1n) is 9.54. The second kappa shape index (κ2) is 11.3. The average Bonchev–Trinajstić information content (AvgIpc) is 2.73. The second-order valence-electron chi connectivity index (χ2n) is 6.39. The van der Waals surface area contributed by atoms with Gasteiger partial charge in [0.25, 0.3) is 5.91 Å². The Hall–Kier alpha value is -2.78. The number of aryl methyl sites for hydroxylation is 1. The van der Waals surface area contributed by atoms with E-state index in [4.69, 9.17) is 9.47 Å². The van der Waals surface area contributed by atoms with Crippen LogP contribution in [0.1, 0.15) is 37.8 Å². The summed E-state index contributed by atoms with van der Waals surface area (Å²) in [6, 6.07) is 13.1.